The number of rotatable bonds is 6. The molecule has 1 saturated heterocycles. The van der Waals surface area contributed by atoms with Crippen molar-refractivity contribution in [2.24, 2.45) is 0 Å². The Kier molecular flexibility index (Phi) is 10.3. The van der Waals surface area contributed by atoms with Gasteiger partial charge in [-0.25, -0.2) is 9.59 Å². The lowest BCUT2D eigenvalue weighted by Gasteiger charge is -2.16. The third-order valence-corrected chi connectivity index (χ3v) is 3.59. The molecule has 6 nitrogen and oxygen atoms in total. The highest BCUT2D eigenvalue weighted by atomic mass is 16.6. The van der Waals surface area contributed by atoms with E-state index in [1.807, 2.05) is 30.3 Å². The number of benzene rings is 1. The Bertz CT molecular complexity index is 568. The molecule has 0 bridgehead atoms. The van der Waals surface area contributed by atoms with E-state index in [1.54, 1.807) is 24.1 Å². The molecular weight excluding hydrogens is 332 g/mol. The van der Waals surface area contributed by atoms with Gasteiger partial charge >= 0.3 is 12.2 Å². The minimum absolute atomic E-state index is 0.206. The fourth-order valence-electron chi connectivity index (χ4n) is 2.28. The first-order valence-electron chi connectivity index (χ1n) is 8.63. The van der Waals surface area contributed by atoms with Gasteiger partial charge in [0, 0.05) is 26.7 Å². The van der Waals surface area contributed by atoms with Gasteiger partial charge in [0.05, 0.1) is 0 Å². The van der Waals surface area contributed by atoms with Crippen molar-refractivity contribution in [3.05, 3.63) is 61.2 Å². The van der Waals surface area contributed by atoms with Crippen LogP contribution in [-0.4, -0.2) is 55.3 Å². The highest BCUT2D eigenvalue weighted by Crippen LogP contribution is 2.08. The average Bonchev–Trinajstić information content (AvgIpc) is 3.20. The van der Waals surface area contributed by atoms with Crippen molar-refractivity contribution in [2.45, 2.75) is 19.4 Å². The van der Waals surface area contributed by atoms with Crippen LogP contribution in [0.25, 0.3) is 0 Å². The summed E-state index contributed by atoms with van der Waals surface area (Å²) in [6.45, 7) is 9.75. The maximum absolute atomic E-state index is 11.4. The van der Waals surface area contributed by atoms with E-state index in [0.717, 1.165) is 31.5 Å². The van der Waals surface area contributed by atoms with Gasteiger partial charge in [0.1, 0.15) is 13.2 Å². The summed E-state index contributed by atoms with van der Waals surface area (Å²) < 4.78 is 9.74. The third kappa shape index (κ3) is 8.37. The van der Waals surface area contributed by atoms with Crippen LogP contribution >= 0.6 is 0 Å². The molecule has 2 amide bonds. The van der Waals surface area contributed by atoms with Crippen LogP contribution in [-0.2, 0) is 16.0 Å². The Morgan fingerprint density at radius 2 is 1.65 bits per heavy atom. The molecule has 0 spiro atoms. The lowest BCUT2D eigenvalue weighted by molar-refractivity contribution is 0.119. The van der Waals surface area contributed by atoms with Gasteiger partial charge in [0.2, 0.25) is 0 Å². The summed E-state index contributed by atoms with van der Waals surface area (Å²) in [5.41, 5.74) is 1.08. The second kappa shape index (κ2) is 12.6. The maximum atomic E-state index is 11.4. The van der Waals surface area contributed by atoms with E-state index in [0.29, 0.717) is 13.2 Å². The number of carbonyl (C=O) groups excluding carboxylic acids is 2. The Balaban J connectivity index is 0.000000273. The summed E-state index contributed by atoms with van der Waals surface area (Å²) in [5.74, 6) is 0. The Labute approximate surface area is 155 Å². The predicted octanol–water partition coefficient (Wildman–Crippen LogP) is 3.85. The summed E-state index contributed by atoms with van der Waals surface area (Å²) in [4.78, 5) is 25.7. The van der Waals surface area contributed by atoms with Crippen molar-refractivity contribution in [2.75, 3.05) is 33.4 Å². The highest BCUT2D eigenvalue weighted by molar-refractivity contribution is 5.68. The third-order valence-electron chi connectivity index (χ3n) is 3.59. The summed E-state index contributed by atoms with van der Waals surface area (Å²) in [5, 5.41) is 0. The van der Waals surface area contributed by atoms with E-state index < -0.39 is 0 Å². The molecule has 1 heterocycles. The van der Waals surface area contributed by atoms with Crippen molar-refractivity contribution in [1.82, 2.24) is 9.80 Å². The van der Waals surface area contributed by atoms with Crippen molar-refractivity contribution in [3.63, 3.8) is 0 Å². The molecule has 1 fully saturated rings. The SMILES string of the molecule is C=CCOC(=O)N(C)Cc1ccccc1.C=CCOC(=O)N1CCCC1. The van der Waals surface area contributed by atoms with Gasteiger partial charge in [0.25, 0.3) is 0 Å². The zero-order valence-corrected chi connectivity index (χ0v) is 15.4. The molecule has 0 unspecified atom stereocenters. The summed E-state index contributed by atoms with van der Waals surface area (Å²) in [6.07, 6.45) is 4.79. The topological polar surface area (TPSA) is 59.1 Å². The molecule has 1 aromatic carbocycles. The first kappa shape index (κ1) is 21.3. The van der Waals surface area contributed by atoms with E-state index >= 15 is 0 Å². The zero-order valence-electron chi connectivity index (χ0n) is 15.4. The molecule has 1 aliphatic heterocycles. The van der Waals surface area contributed by atoms with Gasteiger partial charge in [-0.3, -0.25) is 0 Å². The van der Waals surface area contributed by atoms with E-state index in [2.05, 4.69) is 13.2 Å². The quantitative estimate of drug-likeness (QED) is 0.723. The molecule has 1 aliphatic rings. The van der Waals surface area contributed by atoms with Gasteiger partial charge in [-0.2, -0.15) is 0 Å². The molecule has 1 aromatic rings. The van der Waals surface area contributed by atoms with Gasteiger partial charge in [-0.05, 0) is 18.4 Å². The standard InChI is InChI=1S/C12H15NO2.C8H13NO2/c1-3-9-15-12(14)13(2)10-11-7-5-4-6-8-11;1-2-7-11-8(10)9-5-3-4-6-9/h3-8H,1,9-10H2,2H3;2H,1,3-7H2. The van der Waals surface area contributed by atoms with Crippen LogP contribution in [0.2, 0.25) is 0 Å². The van der Waals surface area contributed by atoms with Gasteiger partial charge in [-0.1, -0.05) is 55.6 Å². The molecular formula is C20H28N2O4. The first-order chi connectivity index (χ1) is 12.6. The average molecular weight is 360 g/mol. The summed E-state index contributed by atoms with van der Waals surface area (Å²) >= 11 is 0. The van der Waals surface area contributed by atoms with Crippen molar-refractivity contribution < 1.29 is 19.1 Å². The summed E-state index contributed by atoms with van der Waals surface area (Å²) in [6, 6.07) is 9.77. The number of ether oxygens (including phenoxy) is 2. The molecule has 6 heteroatoms. The van der Waals surface area contributed by atoms with Crippen LogP contribution in [0.1, 0.15) is 18.4 Å². The smallest absolute Gasteiger partial charge is 0.410 e. The molecule has 2 rings (SSSR count). The Hall–Kier alpha value is -2.76. The van der Waals surface area contributed by atoms with Crippen molar-refractivity contribution in [1.29, 1.82) is 0 Å². The zero-order chi connectivity index (χ0) is 19.2. The fourth-order valence-corrected chi connectivity index (χ4v) is 2.28. The number of nitrogens with zero attached hydrogens (tertiary/aromatic N) is 2. The van der Waals surface area contributed by atoms with E-state index in [9.17, 15) is 9.59 Å². The van der Waals surface area contributed by atoms with Crippen molar-refractivity contribution in [3.8, 4) is 0 Å². The molecule has 0 saturated carbocycles. The molecule has 0 aromatic heterocycles. The molecule has 0 aliphatic carbocycles. The van der Waals surface area contributed by atoms with Gasteiger partial charge in [0.15, 0.2) is 0 Å². The molecule has 0 radical (unpaired) electrons. The van der Waals surface area contributed by atoms with Crippen LogP contribution in [0.15, 0.2) is 55.6 Å². The van der Waals surface area contributed by atoms with Crippen LogP contribution in [0, 0.1) is 0 Å². The normalized spacial score (nSPS) is 12.4. The maximum Gasteiger partial charge on any atom is 0.410 e. The van der Waals surface area contributed by atoms with Gasteiger partial charge in [-0.15, -0.1) is 0 Å². The second-order valence-corrected chi connectivity index (χ2v) is 5.77. The number of amides is 2. The predicted molar refractivity (Wildman–Crippen MR) is 102 cm³/mol. The minimum atomic E-state index is -0.334. The highest BCUT2D eigenvalue weighted by Gasteiger charge is 2.18. The van der Waals surface area contributed by atoms with Crippen LogP contribution in [0.5, 0.6) is 0 Å². The summed E-state index contributed by atoms with van der Waals surface area (Å²) in [7, 11) is 1.71. The van der Waals surface area contributed by atoms with E-state index in [-0.39, 0.29) is 18.8 Å². The second-order valence-electron chi connectivity index (χ2n) is 5.77. The van der Waals surface area contributed by atoms with E-state index in [1.165, 1.54) is 4.90 Å². The Morgan fingerprint density at radius 3 is 2.23 bits per heavy atom. The van der Waals surface area contributed by atoms with E-state index in [4.69, 9.17) is 9.47 Å². The van der Waals surface area contributed by atoms with Crippen LogP contribution in [0.3, 0.4) is 0 Å². The molecule has 0 N–H and O–H groups in total. The lowest BCUT2D eigenvalue weighted by atomic mass is 10.2. The number of carbonyl (C=O) groups is 2. The molecule has 26 heavy (non-hydrogen) atoms. The fraction of sp³-hybridized carbons (Fsp3) is 0.400. The molecule has 0 atom stereocenters. The van der Waals surface area contributed by atoms with Crippen molar-refractivity contribution >= 4 is 12.2 Å². The number of hydrogen-bond donors (Lipinski definition) is 0. The Morgan fingerprint density at radius 1 is 1.08 bits per heavy atom. The molecule has 142 valence electrons. The lowest BCUT2D eigenvalue weighted by Crippen LogP contribution is -2.28. The van der Waals surface area contributed by atoms with Crippen LogP contribution in [0.4, 0.5) is 9.59 Å². The van der Waals surface area contributed by atoms with Gasteiger partial charge < -0.3 is 19.3 Å². The first-order valence-corrected chi connectivity index (χ1v) is 8.63. The van der Waals surface area contributed by atoms with Crippen LogP contribution < -0.4 is 0 Å². The number of hydrogen-bond acceptors (Lipinski definition) is 4. The number of likely N-dealkylation sites (tertiary alicyclic amines) is 1. The monoisotopic (exact) mass is 360 g/mol. The largest absolute Gasteiger partial charge is 0.445 e. The minimum Gasteiger partial charge on any atom is -0.445 e.